The zero-order valence-electron chi connectivity index (χ0n) is 10.4. The summed E-state index contributed by atoms with van der Waals surface area (Å²) in [7, 11) is 0. The zero-order chi connectivity index (χ0) is 11.6. The molecule has 16 heavy (non-hydrogen) atoms. The summed E-state index contributed by atoms with van der Waals surface area (Å²) in [5.41, 5.74) is 1.71. The highest BCUT2D eigenvalue weighted by atomic mass is 32.2. The van der Waals surface area contributed by atoms with E-state index in [9.17, 15) is 0 Å². The molecule has 0 saturated heterocycles. The predicted molar refractivity (Wildman–Crippen MR) is 73.3 cm³/mol. The second kappa shape index (κ2) is 4.70. The number of thioether (sulfide) groups is 1. The summed E-state index contributed by atoms with van der Waals surface area (Å²) in [6.07, 6.45) is 6.12. The van der Waals surface area contributed by atoms with Gasteiger partial charge in [0.15, 0.2) is 0 Å². The first-order valence-electron chi connectivity index (χ1n) is 6.02. The van der Waals surface area contributed by atoms with Gasteiger partial charge in [0.2, 0.25) is 0 Å². The molecule has 0 bridgehead atoms. The van der Waals surface area contributed by atoms with Crippen LogP contribution < -0.4 is 5.32 Å². The summed E-state index contributed by atoms with van der Waals surface area (Å²) in [4.78, 5) is 1.33. The molecule has 0 aromatic heterocycles. The number of hydrogen-bond acceptors (Lipinski definition) is 2. The van der Waals surface area contributed by atoms with Gasteiger partial charge in [-0.05, 0) is 42.7 Å². The van der Waals surface area contributed by atoms with Crippen LogP contribution in [0.3, 0.4) is 0 Å². The van der Waals surface area contributed by atoms with E-state index in [4.69, 9.17) is 0 Å². The van der Waals surface area contributed by atoms with E-state index >= 15 is 0 Å². The largest absolute Gasteiger partial charge is 0.382 e. The van der Waals surface area contributed by atoms with Crippen LogP contribution >= 0.6 is 11.8 Å². The fourth-order valence-corrected chi connectivity index (χ4v) is 2.97. The molecule has 1 aliphatic rings. The highest BCUT2D eigenvalue weighted by molar-refractivity contribution is 7.98. The molecule has 1 aromatic rings. The molecule has 1 unspecified atom stereocenters. The van der Waals surface area contributed by atoms with Gasteiger partial charge >= 0.3 is 0 Å². The van der Waals surface area contributed by atoms with Crippen LogP contribution in [0.4, 0.5) is 5.69 Å². The molecule has 0 heterocycles. The molecule has 1 aromatic carbocycles. The van der Waals surface area contributed by atoms with Crippen molar-refractivity contribution in [2.45, 2.75) is 44.0 Å². The molecular formula is C14H21NS. The molecule has 2 heteroatoms. The van der Waals surface area contributed by atoms with Gasteiger partial charge in [-0.2, -0.15) is 0 Å². The summed E-state index contributed by atoms with van der Waals surface area (Å²) >= 11 is 1.80. The molecule has 0 spiro atoms. The molecule has 2 rings (SSSR count). The monoisotopic (exact) mass is 235 g/mol. The number of rotatable bonds is 3. The third kappa shape index (κ3) is 2.54. The Morgan fingerprint density at radius 3 is 2.81 bits per heavy atom. The number of benzene rings is 1. The first kappa shape index (κ1) is 11.8. The molecule has 1 atom stereocenters. The standard InChI is InChI=1S/C14H21NS/c1-14(2)9-5-8-13(14)15-11-6-4-7-12(10-11)16-3/h4,6-7,10,13,15H,5,8-9H2,1-3H3. The maximum atomic E-state index is 3.69. The average Bonchev–Trinajstić information content (AvgIpc) is 2.59. The van der Waals surface area contributed by atoms with Crippen LogP contribution in [0, 0.1) is 5.41 Å². The van der Waals surface area contributed by atoms with Crippen molar-refractivity contribution in [3.05, 3.63) is 24.3 Å². The third-order valence-corrected chi connectivity index (χ3v) is 4.39. The van der Waals surface area contributed by atoms with E-state index in [1.54, 1.807) is 11.8 Å². The lowest BCUT2D eigenvalue weighted by atomic mass is 9.87. The van der Waals surface area contributed by atoms with Crippen LogP contribution in [0.5, 0.6) is 0 Å². The Morgan fingerprint density at radius 1 is 1.38 bits per heavy atom. The van der Waals surface area contributed by atoms with E-state index < -0.39 is 0 Å². The highest BCUT2D eigenvalue weighted by Crippen LogP contribution is 2.39. The van der Waals surface area contributed by atoms with Crippen LogP contribution in [0.1, 0.15) is 33.1 Å². The Labute approximate surface area is 103 Å². The summed E-state index contributed by atoms with van der Waals surface area (Å²) in [6.45, 7) is 4.74. The van der Waals surface area contributed by atoms with Crippen molar-refractivity contribution < 1.29 is 0 Å². The second-order valence-electron chi connectivity index (χ2n) is 5.31. The van der Waals surface area contributed by atoms with Crippen molar-refractivity contribution in [3.8, 4) is 0 Å². The van der Waals surface area contributed by atoms with Gasteiger partial charge in [-0.25, -0.2) is 0 Å². The summed E-state index contributed by atoms with van der Waals surface area (Å²) in [5.74, 6) is 0. The summed E-state index contributed by atoms with van der Waals surface area (Å²) < 4.78 is 0. The summed E-state index contributed by atoms with van der Waals surface area (Å²) in [6, 6.07) is 9.35. The van der Waals surface area contributed by atoms with E-state index in [2.05, 4.69) is 49.7 Å². The Balaban J connectivity index is 2.08. The minimum atomic E-state index is 0.440. The van der Waals surface area contributed by atoms with Gasteiger partial charge in [0.25, 0.3) is 0 Å². The van der Waals surface area contributed by atoms with E-state index in [-0.39, 0.29) is 0 Å². The Hall–Kier alpha value is -0.630. The van der Waals surface area contributed by atoms with Crippen molar-refractivity contribution in [3.63, 3.8) is 0 Å². The Kier molecular flexibility index (Phi) is 3.48. The topological polar surface area (TPSA) is 12.0 Å². The van der Waals surface area contributed by atoms with Gasteiger partial charge in [0.1, 0.15) is 0 Å². The maximum absolute atomic E-state index is 3.69. The smallest absolute Gasteiger partial charge is 0.0353 e. The lowest BCUT2D eigenvalue weighted by Crippen LogP contribution is -2.30. The fraction of sp³-hybridized carbons (Fsp3) is 0.571. The van der Waals surface area contributed by atoms with Gasteiger partial charge in [-0.15, -0.1) is 11.8 Å². The molecular weight excluding hydrogens is 214 g/mol. The normalized spacial score (nSPS) is 23.3. The molecule has 0 radical (unpaired) electrons. The first-order valence-corrected chi connectivity index (χ1v) is 7.25. The molecule has 1 saturated carbocycles. The van der Waals surface area contributed by atoms with Crippen molar-refractivity contribution in [2.24, 2.45) is 5.41 Å². The predicted octanol–water partition coefficient (Wildman–Crippen LogP) is 4.40. The van der Waals surface area contributed by atoms with E-state index in [0.29, 0.717) is 11.5 Å². The number of hydrogen-bond donors (Lipinski definition) is 1. The van der Waals surface area contributed by atoms with Crippen molar-refractivity contribution in [1.29, 1.82) is 0 Å². The quantitative estimate of drug-likeness (QED) is 0.779. The lowest BCUT2D eigenvalue weighted by Gasteiger charge is -2.28. The SMILES string of the molecule is CSc1cccc(NC2CCCC2(C)C)c1. The van der Waals surface area contributed by atoms with Crippen LogP contribution in [-0.4, -0.2) is 12.3 Å². The molecule has 1 aliphatic carbocycles. The zero-order valence-corrected chi connectivity index (χ0v) is 11.2. The number of anilines is 1. The van der Waals surface area contributed by atoms with Crippen LogP contribution in [0.25, 0.3) is 0 Å². The molecule has 88 valence electrons. The van der Waals surface area contributed by atoms with Crippen molar-refractivity contribution in [1.82, 2.24) is 0 Å². The van der Waals surface area contributed by atoms with Gasteiger partial charge in [0.05, 0.1) is 0 Å². The minimum absolute atomic E-state index is 0.440. The molecule has 1 fully saturated rings. The maximum Gasteiger partial charge on any atom is 0.0353 e. The van der Waals surface area contributed by atoms with Gasteiger partial charge in [-0.1, -0.05) is 26.3 Å². The minimum Gasteiger partial charge on any atom is -0.382 e. The number of nitrogens with one attached hydrogen (secondary N) is 1. The average molecular weight is 235 g/mol. The van der Waals surface area contributed by atoms with Gasteiger partial charge in [-0.3, -0.25) is 0 Å². The fourth-order valence-electron chi connectivity index (χ4n) is 2.51. The van der Waals surface area contributed by atoms with E-state index in [1.165, 1.54) is 29.8 Å². The molecule has 0 amide bonds. The highest BCUT2D eigenvalue weighted by Gasteiger charge is 2.34. The van der Waals surface area contributed by atoms with Crippen LogP contribution in [0.2, 0.25) is 0 Å². The first-order chi connectivity index (χ1) is 7.62. The van der Waals surface area contributed by atoms with E-state index in [1.807, 2.05) is 0 Å². The van der Waals surface area contributed by atoms with Gasteiger partial charge in [0, 0.05) is 16.6 Å². The van der Waals surface area contributed by atoms with Crippen LogP contribution in [0.15, 0.2) is 29.2 Å². The van der Waals surface area contributed by atoms with Crippen molar-refractivity contribution >= 4 is 17.4 Å². The third-order valence-electron chi connectivity index (χ3n) is 3.67. The summed E-state index contributed by atoms with van der Waals surface area (Å²) in [5, 5.41) is 3.69. The Morgan fingerprint density at radius 2 is 2.19 bits per heavy atom. The van der Waals surface area contributed by atoms with Gasteiger partial charge < -0.3 is 5.32 Å². The molecule has 1 N–H and O–H groups in total. The second-order valence-corrected chi connectivity index (χ2v) is 6.19. The van der Waals surface area contributed by atoms with Crippen LogP contribution in [-0.2, 0) is 0 Å². The molecule has 0 aliphatic heterocycles. The Bertz CT molecular complexity index is 360. The lowest BCUT2D eigenvalue weighted by molar-refractivity contribution is 0.350. The van der Waals surface area contributed by atoms with Crippen molar-refractivity contribution in [2.75, 3.05) is 11.6 Å². The molecule has 1 nitrogen and oxygen atoms in total. The van der Waals surface area contributed by atoms with E-state index in [0.717, 1.165) is 0 Å².